The van der Waals surface area contributed by atoms with Crippen molar-refractivity contribution < 1.29 is 9.90 Å². The lowest BCUT2D eigenvalue weighted by Gasteiger charge is -2.11. The quantitative estimate of drug-likeness (QED) is 0.802. The highest BCUT2D eigenvalue weighted by Gasteiger charge is 2.10. The van der Waals surface area contributed by atoms with Crippen LogP contribution in [0, 0.1) is 0 Å². The number of anilines is 1. The standard InChI is InChI=1S/C15H12Cl3NO2/c16-10-3-4-14(12(7-10)15(20)21)19-6-5-9-1-2-11(17)8-13(9)18/h1-4,7-8,19H,5-6H2,(H,20,21). The number of carboxylic acid groups (broad SMARTS) is 1. The van der Waals surface area contributed by atoms with E-state index in [0.717, 1.165) is 5.56 Å². The highest BCUT2D eigenvalue weighted by molar-refractivity contribution is 6.35. The topological polar surface area (TPSA) is 49.3 Å². The largest absolute Gasteiger partial charge is 0.478 e. The molecule has 0 atom stereocenters. The molecule has 0 bridgehead atoms. The summed E-state index contributed by atoms with van der Waals surface area (Å²) in [5.74, 6) is -1.02. The summed E-state index contributed by atoms with van der Waals surface area (Å²) in [6.45, 7) is 0.545. The molecule has 0 aliphatic carbocycles. The molecule has 3 nitrogen and oxygen atoms in total. The lowest BCUT2D eigenvalue weighted by Crippen LogP contribution is -2.09. The fourth-order valence-electron chi connectivity index (χ4n) is 1.90. The van der Waals surface area contributed by atoms with E-state index < -0.39 is 5.97 Å². The Morgan fingerprint density at radius 3 is 2.38 bits per heavy atom. The van der Waals surface area contributed by atoms with Crippen molar-refractivity contribution in [1.82, 2.24) is 0 Å². The highest BCUT2D eigenvalue weighted by Crippen LogP contribution is 2.23. The third kappa shape index (κ3) is 4.27. The normalized spacial score (nSPS) is 10.4. The Kier molecular flexibility index (Phi) is 5.34. The Labute approximate surface area is 137 Å². The Morgan fingerprint density at radius 2 is 1.71 bits per heavy atom. The maximum Gasteiger partial charge on any atom is 0.337 e. The second kappa shape index (κ2) is 7.03. The lowest BCUT2D eigenvalue weighted by atomic mass is 10.1. The highest BCUT2D eigenvalue weighted by atomic mass is 35.5. The number of nitrogens with one attached hydrogen (secondary N) is 1. The number of hydrogen-bond acceptors (Lipinski definition) is 2. The fourth-order valence-corrected chi connectivity index (χ4v) is 2.58. The maximum absolute atomic E-state index is 11.2. The van der Waals surface area contributed by atoms with Crippen molar-refractivity contribution in [2.75, 3.05) is 11.9 Å². The van der Waals surface area contributed by atoms with Gasteiger partial charge >= 0.3 is 5.97 Å². The van der Waals surface area contributed by atoms with Crippen molar-refractivity contribution in [3.8, 4) is 0 Å². The number of carbonyl (C=O) groups is 1. The van der Waals surface area contributed by atoms with Crippen molar-refractivity contribution in [1.29, 1.82) is 0 Å². The van der Waals surface area contributed by atoms with E-state index in [1.165, 1.54) is 6.07 Å². The number of benzene rings is 2. The summed E-state index contributed by atoms with van der Waals surface area (Å²) in [6.07, 6.45) is 0.650. The van der Waals surface area contributed by atoms with E-state index in [4.69, 9.17) is 39.9 Å². The van der Waals surface area contributed by atoms with Gasteiger partial charge in [-0.05, 0) is 42.3 Å². The van der Waals surface area contributed by atoms with Crippen LogP contribution in [0.15, 0.2) is 36.4 Å². The molecule has 2 N–H and O–H groups in total. The summed E-state index contributed by atoms with van der Waals surface area (Å²) in [5.41, 5.74) is 1.61. The molecule has 0 aliphatic heterocycles. The minimum atomic E-state index is -1.02. The minimum Gasteiger partial charge on any atom is -0.478 e. The summed E-state index contributed by atoms with van der Waals surface area (Å²) in [4.78, 5) is 11.2. The van der Waals surface area contributed by atoms with Gasteiger partial charge in [0.2, 0.25) is 0 Å². The molecular weight excluding hydrogens is 333 g/mol. The van der Waals surface area contributed by atoms with Crippen molar-refractivity contribution in [3.05, 3.63) is 62.6 Å². The van der Waals surface area contributed by atoms with E-state index in [1.54, 1.807) is 24.3 Å². The molecule has 0 radical (unpaired) electrons. The van der Waals surface area contributed by atoms with Crippen LogP contribution in [0.25, 0.3) is 0 Å². The van der Waals surface area contributed by atoms with Crippen molar-refractivity contribution in [2.24, 2.45) is 0 Å². The van der Waals surface area contributed by atoms with Crippen LogP contribution < -0.4 is 5.32 Å². The third-order valence-corrected chi connectivity index (χ3v) is 3.76. The molecular formula is C15H12Cl3NO2. The van der Waals surface area contributed by atoms with Gasteiger partial charge in [-0.1, -0.05) is 40.9 Å². The van der Waals surface area contributed by atoms with Gasteiger partial charge in [-0.15, -0.1) is 0 Å². The summed E-state index contributed by atoms with van der Waals surface area (Å²) >= 11 is 17.7. The van der Waals surface area contributed by atoms with Gasteiger partial charge in [0.25, 0.3) is 0 Å². The lowest BCUT2D eigenvalue weighted by molar-refractivity contribution is 0.0698. The molecule has 110 valence electrons. The number of hydrogen-bond donors (Lipinski definition) is 2. The van der Waals surface area contributed by atoms with Crippen LogP contribution in [0.1, 0.15) is 15.9 Å². The second-order valence-electron chi connectivity index (χ2n) is 4.41. The predicted octanol–water partition coefficient (Wildman–Crippen LogP) is 5.00. The Morgan fingerprint density at radius 1 is 1.05 bits per heavy atom. The van der Waals surface area contributed by atoms with Gasteiger partial charge in [0.1, 0.15) is 0 Å². The van der Waals surface area contributed by atoms with Crippen LogP contribution in [0.5, 0.6) is 0 Å². The van der Waals surface area contributed by atoms with Crippen molar-refractivity contribution in [3.63, 3.8) is 0 Å². The zero-order valence-corrected chi connectivity index (χ0v) is 13.1. The average Bonchev–Trinajstić information content (AvgIpc) is 2.42. The molecule has 0 aromatic heterocycles. The molecule has 0 saturated carbocycles. The van der Waals surface area contributed by atoms with E-state index in [2.05, 4.69) is 5.32 Å². The molecule has 0 heterocycles. The number of carboxylic acids is 1. The first-order chi connectivity index (χ1) is 9.97. The molecule has 0 amide bonds. The second-order valence-corrected chi connectivity index (χ2v) is 5.69. The van der Waals surface area contributed by atoms with Crippen LogP contribution in [0.2, 0.25) is 15.1 Å². The predicted molar refractivity (Wildman–Crippen MR) is 87.1 cm³/mol. The van der Waals surface area contributed by atoms with E-state index in [0.29, 0.717) is 33.7 Å². The van der Waals surface area contributed by atoms with E-state index in [-0.39, 0.29) is 5.56 Å². The van der Waals surface area contributed by atoms with Gasteiger partial charge in [-0.3, -0.25) is 0 Å². The van der Waals surface area contributed by atoms with E-state index >= 15 is 0 Å². The molecule has 2 aromatic rings. The Hall–Kier alpha value is -1.42. The Balaban J connectivity index is 2.05. The minimum absolute atomic E-state index is 0.143. The molecule has 0 saturated heterocycles. The SMILES string of the molecule is O=C(O)c1cc(Cl)ccc1NCCc1ccc(Cl)cc1Cl. The van der Waals surface area contributed by atoms with Crippen LogP contribution in [0.3, 0.4) is 0 Å². The fraction of sp³-hybridized carbons (Fsp3) is 0.133. The van der Waals surface area contributed by atoms with Crippen molar-refractivity contribution >= 4 is 46.5 Å². The van der Waals surface area contributed by atoms with Gasteiger partial charge in [-0.25, -0.2) is 4.79 Å². The number of rotatable bonds is 5. The molecule has 0 unspecified atom stereocenters. The van der Waals surface area contributed by atoms with Gasteiger partial charge in [0.15, 0.2) is 0 Å². The summed E-state index contributed by atoms with van der Waals surface area (Å²) in [5, 5.41) is 13.8. The smallest absolute Gasteiger partial charge is 0.337 e. The molecule has 0 spiro atoms. The first-order valence-corrected chi connectivity index (χ1v) is 7.31. The zero-order valence-electron chi connectivity index (χ0n) is 10.9. The van der Waals surface area contributed by atoms with E-state index in [1.807, 2.05) is 6.07 Å². The molecule has 2 rings (SSSR count). The first kappa shape index (κ1) is 16.0. The molecule has 0 fully saturated rings. The summed E-state index contributed by atoms with van der Waals surface area (Å²) in [7, 11) is 0. The Bertz CT molecular complexity index is 674. The molecule has 6 heteroatoms. The zero-order chi connectivity index (χ0) is 15.4. The van der Waals surface area contributed by atoms with Gasteiger partial charge in [-0.2, -0.15) is 0 Å². The molecule has 21 heavy (non-hydrogen) atoms. The van der Waals surface area contributed by atoms with Crippen molar-refractivity contribution in [2.45, 2.75) is 6.42 Å². The number of halogens is 3. The van der Waals surface area contributed by atoms with Gasteiger partial charge in [0, 0.05) is 27.3 Å². The molecule has 2 aromatic carbocycles. The maximum atomic E-state index is 11.2. The van der Waals surface area contributed by atoms with Crippen LogP contribution >= 0.6 is 34.8 Å². The van der Waals surface area contributed by atoms with Gasteiger partial charge in [0.05, 0.1) is 5.56 Å². The summed E-state index contributed by atoms with van der Waals surface area (Å²) < 4.78 is 0. The van der Waals surface area contributed by atoms with Crippen LogP contribution in [-0.2, 0) is 6.42 Å². The average molecular weight is 345 g/mol. The number of aromatic carboxylic acids is 1. The van der Waals surface area contributed by atoms with Crippen LogP contribution in [0.4, 0.5) is 5.69 Å². The van der Waals surface area contributed by atoms with E-state index in [9.17, 15) is 4.79 Å². The summed E-state index contributed by atoms with van der Waals surface area (Å²) in [6, 6.07) is 10.0. The molecule has 0 aliphatic rings. The van der Waals surface area contributed by atoms with Crippen LogP contribution in [-0.4, -0.2) is 17.6 Å². The first-order valence-electron chi connectivity index (χ1n) is 6.18. The monoisotopic (exact) mass is 343 g/mol. The third-order valence-electron chi connectivity index (χ3n) is 2.94. The van der Waals surface area contributed by atoms with Gasteiger partial charge < -0.3 is 10.4 Å².